The summed E-state index contributed by atoms with van der Waals surface area (Å²) in [7, 11) is 0. The number of carbonyl (C=O) groups excluding carboxylic acids is 4. The van der Waals surface area contributed by atoms with Crippen LogP contribution in [0.1, 0.15) is 89.5 Å². The van der Waals surface area contributed by atoms with Crippen molar-refractivity contribution in [3.63, 3.8) is 0 Å². The highest BCUT2D eigenvalue weighted by Crippen LogP contribution is 2.33. The number of ether oxygens (including phenoxy) is 2. The number of benzene rings is 4. The molecule has 10 heteroatoms. The van der Waals surface area contributed by atoms with E-state index in [-0.39, 0.29) is 11.8 Å². The Morgan fingerprint density at radius 1 is 0.534 bits per heavy atom. The number of carbonyl (C=O) groups is 4. The van der Waals surface area contributed by atoms with Gasteiger partial charge in [0.1, 0.15) is 23.3 Å². The largest absolute Gasteiger partial charge is 0.444 e. The quantitative estimate of drug-likeness (QED) is 0.201. The average Bonchev–Trinajstić information content (AvgIpc) is 3.87. The second-order valence-electron chi connectivity index (χ2n) is 17.8. The maximum atomic E-state index is 13.3. The maximum absolute atomic E-state index is 13.3. The summed E-state index contributed by atoms with van der Waals surface area (Å²) >= 11 is 0. The molecule has 4 aromatic carbocycles. The summed E-state index contributed by atoms with van der Waals surface area (Å²) in [6, 6.07) is 28.5. The SMILES string of the molecule is CC(C)(C)OC(=O)N1CCCC1C(=O)Nc1ccc(-c2cc3ccc2CCc2ccc(c(-c4ccc(NC(=O)C5CCCN5C(=O)OC(C)(C)C)cc4)c2)CC3)cc1. The Hall–Kier alpha value is -5.64. The molecule has 0 aromatic heterocycles. The van der Waals surface area contributed by atoms with Crippen molar-refractivity contribution in [2.24, 2.45) is 0 Å². The van der Waals surface area contributed by atoms with Crippen LogP contribution in [0, 0.1) is 0 Å². The Morgan fingerprint density at radius 2 is 0.914 bits per heavy atom. The van der Waals surface area contributed by atoms with Crippen LogP contribution in [0.25, 0.3) is 22.3 Å². The van der Waals surface area contributed by atoms with E-state index in [0.29, 0.717) is 37.3 Å². The Bertz CT molecular complexity index is 2010. The number of likely N-dealkylation sites (tertiary alicyclic amines) is 2. The number of hydrogen-bond donors (Lipinski definition) is 2. The molecule has 4 amide bonds. The highest BCUT2D eigenvalue weighted by atomic mass is 16.6. The second-order valence-corrected chi connectivity index (χ2v) is 17.8. The molecule has 4 aliphatic carbocycles. The molecule has 0 spiro atoms. The zero-order chi connectivity index (χ0) is 41.2. The predicted octanol–water partition coefficient (Wildman–Crippen LogP) is 9.58. The van der Waals surface area contributed by atoms with Gasteiger partial charge in [-0.05, 0) is 162 Å². The highest BCUT2D eigenvalue weighted by Gasteiger charge is 2.38. The van der Waals surface area contributed by atoms with Gasteiger partial charge >= 0.3 is 12.2 Å². The van der Waals surface area contributed by atoms with E-state index in [2.05, 4.69) is 71.3 Å². The van der Waals surface area contributed by atoms with Crippen LogP contribution >= 0.6 is 0 Å². The minimum Gasteiger partial charge on any atom is -0.444 e. The molecule has 2 atom stereocenters. The summed E-state index contributed by atoms with van der Waals surface area (Å²) in [6.45, 7) is 12.0. The molecule has 2 aliphatic heterocycles. The van der Waals surface area contributed by atoms with Crippen LogP contribution in [-0.2, 0) is 44.7 Å². The van der Waals surface area contributed by atoms with Gasteiger partial charge in [0.15, 0.2) is 0 Å². The zero-order valence-corrected chi connectivity index (χ0v) is 34.7. The smallest absolute Gasteiger partial charge is 0.410 e. The van der Waals surface area contributed by atoms with Crippen LogP contribution in [0.2, 0.25) is 0 Å². The number of amides is 4. The van der Waals surface area contributed by atoms with E-state index in [9.17, 15) is 19.2 Å². The van der Waals surface area contributed by atoms with Crippen LogP contribution in [0.3, 0.4) is 0 Å². The number of hydrogen-bond acceptors (Lipinski definition) is 6. The monoisotopic (exact) mass is 784 g/mol. The molecule has 4 aromatic rings. The van der Waals surface area contributed by atoms with Gasteiger partial charge in [-0.3, -0.25) is 19.4 Å². The number of nitrogens with zero attached hydrogens (tertiary/aromatic N) is 2. The molecular formula is C48H56N4O6. The highest BCUT2D eigenvalue weighted by molar-refractivity contribution is 5.98. The Labute approximate surface area is 342 Å². The molecule has 10 rings (SSSR count). The molecule has 304 valence electrons. The fraction of sp³-hybridized carbons (Fsp3) is 0.417. The zero-order valence-electron chi connectivity index (χ0n) is 34.7. The molecule has 2 saturated heterocycles. The van der Waals surface area contributed by atoms with E-state index in [1.54, 1.807) is 0 Å². The molecular weight excluding hydrogens is 729 g/mol. The predicted molar refractivity (Wildman–Crippen MR) is 228 cm³/mol. The van der Waals surface area contributed by atoms with Crippen molar-refractivity contribution in [2.45, 2.75) is 116 Å². The number of aryl methyl sites for hydroxylation is 4. The fourth-order valence-corrected chi connectivity index (χ4v) is 8.16. The second kappa shape index (κ2) is 16.7. The van der Waals surface area contributed by atoms with Crippen LogP contribution in [0.4, 0.5) is 21.0 Å². The first kappa shape index (κ1) is 40.6. The molecule has 2 unspecified atom stereocenters. The van der Waals surface area contributed by atoms with Gasteiger partial charge in [0.05, 0.1) is 0 Å². The van der Waals surface area contributed by atoms with E-state index >= 15 is 0 Å². The summed E-state index contributed by atoms with van der Waals surface area (Å²) in [5.74, 6) is -0.401. The lowest BCUT2D eigenvalue weighted by Gasteiger charge is -2.28. The van der Waals surface area contributed by atoms with Crippen molar-refractivity contribution < 1.29 is 28.7 Å². The van der Waals surface area contributed by atoms with Crippen molar-refractivity contribution in [3.8, 4) is 22.3 Å². The van der Waals surface area contributed by atoms with Crippen LogP contribution in [-0.4, -0.2) is 70.2 Å². The molecule has 10 nitrogen and oxygen atoms in total. The topological polar surface area (TPSA) is 117 Å². The lowest BCUT2D eigenvalue weighted by Crippen LogP contribution is -2.45. The first-order chi connectivity index (χ1) is 27.6. The summed E-state index contributed by atoms with van der Waals surface area (Å²) in [4.78, 5) is 55.2. The van der Waals surface area contributed by atoms with Crippen molar-refractivity contribution in [1.82, 2.24) is 9.80 Å². The number of rotatable bonds is 6. The summed E-state index contributed by atoms with van der Waals surface area (Å²) in [5.41, 5.74) is 9.74. The average molecular weight is 785 g/mol. The van der Waals surface area contributed by atoms with Crippen molar-refractivity contribution in [3.05, 3.63) is 107 Å². The normalized spacial score (nSPS) is 18.0. The molecule has 2 fully saturated rings. The lowest BCUT2D eigenvalue weighted by molar-refractivity contribution is -0.121. The van der Waals surface area contributed by atoms with Crippen molar-refractivity contribution in [1.29, 1.82) is 0 Å². The third kappa shape index (κ3) is 9.72. The van der Waals surface area contributed by atoms with Crippen LogP contribution < -0.4 is 10.6 Å². The Morgan fingerprint density at radius 3 is 1.28 bits per heavy atom. The van der Waals surface area contributed by atoms with Crippen LogP contribution in [0.5, 0.6) is 0 Å². The molecule has 58 heavy (non-hydrogen) atoms. The Kier molecular flexibility index (Phi) is 11.7. The Balaban J connectivity index is 1.01. The fourth-order valence-electron chi connectivity index (χ4n) is 8.16. The van der Waals surface area contributed by atoms with Gasteiger partial charge in [-0.15, -0.1) is 0 Å². The lowest BCUT2D eigenvalue weighted by atomic mass is 9.87. The maximum Gasteiger partial charge on any atom is 0.410 e. The minimum absolute atomic E-state index is 0.200. The first-order valence-corrected chi connectivity index (χ1v) is 20.7. The summed E-state index contributed by atoms with van der Waals surface area (Å²) in [6.07, 6.45) is 5.29. The minimum atomic E-state index is -0.625. The van der Waals surface area contributed by atoms with E-state index in [4.69, 9.17) is 9.47 Å². The molecule has 2 heterocycles. The van der Waals surface area contributed by atoms with Gasteiger partial charge in [0, 0.05) is 24.5 Å². The molecule has 0 radical (unpaired) electrons. The van der Waals surface area contributed by atoms with Gasteiger partial charge in [-0.25, -0.2) is 9.59 Å². The molecule has 6 aliphatic rings. The van der Waals surface area contributed by atoms with E-state index in [1.165, 1.54) is 43.2 Å². The molecule has 2 N–H and O–H groups in total. The van der Waals surface area contributed by atoms with E-state index in [1.807, 2.05) is 65.8 Å². The van der Waals surface area contributed by atoms with E-state index in [0.717, 1.165) is 49.7 Å². The standard InChI is InChI=1S/C48H56N4O6/c1-47(2,3)57-45(55)51-27-7-9-41(51)43(53)49-37-23-19-35(20-24-37)39-29-31-11-15-33(39)17-13-32-12-16-34(18-14-31)40(30-32)36-21-25-38(26-22-36)50-44(54)42-10-8-28-52(42)46(56)58-48(4,5)6/h11-12,15-16,19-26,29-30,41-42H,7-10,13-14,17-18,27-28H2,1-6H3,(H,49,53)(H,50,54). The van der Waals surface area contributed by atoms with Gasteiger partial charge in [0.25, 0.3) is 0 Å². The summed E-state index contributed by atoms with van der Waals surface area (Å²) < 4.78 is 11.1. The van der Waals surface area contributed by atoms with Crippen molar-refractivity contribution in [2.75, 3.05) is 23.7 Å². The molecule has 4 bridgehead atoms. The third-order valence-corrected chi connectivity index (χ3v) is 11.0. The number of nitrogens with one attached hydrogen (secondary N) is 2. The van der Waals surface area contributed by atoms with Crippen molar-refractivity contribution >= 4 is 35.4 Å². The van der Waals surface area contributed by atoms with Gasteiger partial charge in [-0.1, -0.05) is 60.7 Å². The van der Waals surface area contributed by atoms with Gasteiger partial charge in [0.2, 0.25) is 11.8 Å². The molecule has 0 saturated carbocycles. The van der Waals surface area contributed by atoms with Crippen LogP contribution in [0.15, 0.2) is 84.9 Å². The van der Waals surface area contributed by atoms with E-state index < -0.39 is 35.5 Å². The van der Waals surface area contributed by atoms with Gasteiger partial charge in [-0.2, -0.15) is 0 Å². The third-order valence-electron chi connectivity index (χ3n) is 11.0. The van der Waals surface area contributed by atoms with Gasteiger partial charge < -0.3 is 20.1 Å². The first-order valence-electron chi connectivity index (χ1n) is 20.7. The summed E-state index contributed by atoms with van der Waals surface area (Å²) in [5, 5.41) is 6.06. The number of anilines is 2.